The van der Waals surface area contributed by atoms with Crippen molar-refractivity contribution < 1.29 is 24.5 Å². The van der Waals surface area contributed by atoms with Crippen LogP contribution in [0.5, 0.6) is 0 Å². The number of hydrogen-bond donors (Lipinski definition) is 4. The molecule has 4 N–H and O–H groups in total. The minimum atomic E-state index is -0.567. The molecule has 28 heavy (non-hydrogen) atoms. The molecule has 3 rings (SSSR count). The van der Waals surface area contributed by atoms with Crippen molar-refractivity contribution in [2.45, 2.75) is 37.8 Å². The van der Waals surface area contributed by atoms with Crippen molar-refractivity contribution in [2.75, 3.05) is 37.4 Å². The van der Waals surface area contributed by atoms with E-state index < -0.39 is 5.97 Å². The Morgan fingerprint density at radius 3 is 2.54 bits per heavy atom. The van der Waals surface area contributed by atoms with Crippen LogP contribution in [0.1, 0.15) is 25.7 Å². The molecule has 0 saturated heterocycles. The monoisotopic (exact) mass is 389 g/mol. The van der Waals surface area contributed by atoms with Crippen molar-refractivity contribution in [2.24, 2.45) is 0 Å². The van der Waals surface area contributed by atoms with E-state index in [1.54, 1.807) is 0 Å². The molecular weight excluding hydrogens is 362 g/mol. The van der Waals surface area contributed by atoms with Crippen molar-refractivity contribution in [1.29, 1.82) is 0 Å². The van der Waals surface area contributed by atoms with Crippen molar-refractivity contribution in [3.05, 3.63) is 35.5 Å². The minimum absolute atomic E-state index is 0.102. The molecule has 8 heteroatoms. The highest BCUT2D eigenvalue weighted by molar-refractivity contribution is 6.09. The predicted molar refractivity (Wildman–Crippen MR) is 105 cm³/mol. The van der Waals surface area contributed by atoms with Gasteiger partial charge in [0.2, 0.25) is 0 Å². The maximum absolute atomic E-state index is 12.7. The van der Waals surface area contributed by atoms with Gasteiger partial charge < -0.3 is 30.5 Å². The number of methoxy groups -OCH3 is 1. The van der Waals surface area contributed by atoms with Gasteiger partial charge in [0, 0.05) is 12.6 Å². The predicted octanol–water partition coefficient (Wildman–Crippen LogP) is 1.08. The Labute approximate surface area is 164 Å². The summed E-state index contributed by atoms with van der Waals surface area (Å²) >= 11 is 0. The van der Waals surface area contributed by atoms with Crippen LogP contribution < -0.4 is 10.6 Å². The summed E-state index contributed by atoms with van der Waals surface area (Å²) in [6.45, 7) is 0.0679. The van der Waals surface area contributed by atoms with Crippen LogP contribution in [0.3, 0.4) is 0 Å². The van der Waals surface area contributed by atoms with E-state index in [1.165, 1.54) is 12.0 Å². The molecule has 1 aromatic rings. The number of benzene rings is 1. The number of nitrogens with one attached hydrogen (secondary N) is 2. The molecule has 1 aliphatic heterocycles. The lowest BCUT2D eigenvalue weighted by atomic mass is 9.93. The molecule has 1 heterocycles. The molecule has 1 saturated carbocycles. The van der Waals surface area contributed by atoms with E-state index in [0.29, 0.717) is 5.69 Å². The number of carbonyl (C=O) groups excluding carboxylic acids is 2. The number of hydrogen-bond acceptors (Lipinski definition) is 7. The van der Waals surface area contributed by atoms with Gasteiger partial charge in [-0.3, -0.25) is 4.79 Å². The van der Waals surface area contributed by atoms with Gasteiger partial charge in [0.25, 0.3) is 5.91 Å². The zero-order valence-electron chi connectivity index (χ0n) is 16.0. The van der Waals surface area contributed by atoms with Gasteiger partial charge >= 0.3 is 5.97 Å². The van der Waals surface area contributed by atoms with Gasteiger partial charge in [-0.05, 0) is 37.8 Å². The molecule has 8 nitrogen and oxygen atoms in total. The Kier molecular flexibility index (Phi) is 6.53. The molecule has 1 fully saturated rings. The summed E-state index contributed by atoms with van der Waals surface area (Å²) in [5.74, 6) is -0.909. The second-order valence-corrected chi connectivity index (χ2v) is 7.12. The number of amides is 1. The number of ether oxygens (including phenoxy) is 1. The first-order valence-electron chi connectivity index (χ1n) is 9.55. The lowest BCUT2D eigenvalue weighted by Crippen LogP contribution is -2.31. The number of rotatable bonds is 7. The number of carbonyl (C=O) groups is 2. The van der Waals surface area contributed by atoms with Gasteiger partial charge in [0.15, 0.2) is 0 Å². The highest BCUT2D eigenvalue weighted by Gasteiger charge is 2.34. The fourth-order valence-corrected chi connectivity index (χ4v) is 3.64. The van der Waals surface area contributed by atoms with E-state index in [1.807, 2.05) is 24.3 Å². The van der Waals surface area contributed by atoms with Gasteiger partial charge in [-0.1, -0.05) is 12.1 Å². The quantitative estimate of drug-likeness (QED) is 0.516. The van der Waals surface area contributed by atoms with E-state index in [0.717, 1.165) is 31.4 Å². The average Bonchev–Trinajstić information content (AvgIpc) is 3.01. The van der Waals surface area contributed by atoms with E-state index in [2.05, 4.69) is 10.6 Å². The van der Waals surface area contributed by atoms with Crippen LogP contribution in [0.25, 0.3) is 0 Å². The summed E-state index contributed by atoms with van der Waals surface area (Å²) in [7, 11) is 1.28. The van der Waals surface area contributed by atoms with Crippen LogP contribution in [0.2, 0.25) is 0 Å². The van der Waals surface area contributed by atoms with Crippen molar-refractivity contribution in [3.8, 4) is 0 Å². The van der Waals surface area contributed by atoms with Crippen LogP contribution in [0, 0.1) is 0 Å². The smallest absolute Gasteiger partial charge is 0.337 e. The number of esters is 1. The second-order valence-electron chi connectivity index (χ2n) is 7.12. The molecular formula is C20H27N3O5. The van der Waals surface area contributed by atoms with Crippen LogP contribution >= 0.6 is 0 Å². The third-order valence-electron chi connectivity index (χ3n) is 5.20. The Hall–Kier alpha value is -2.58. The van der Waals surface area contributed by atoms with Crippen LogP contribution in [-0.4, -0.2) is 65.9 Å². The SMILES string of the molecule is COC(=O)C1=C(Nc2ccccc2NC2CCC(O)CC2)C(=O)N(CCO)C1. The summed E-state index contributed by atoms with van der Waals surface area (Å²) in [5, 5.41) is 25.4. The summed E-state index contributed by atoms with van der Waals surface area (Å²) in [6, 6.07) is 7.74. The van der Waals surface area contributed by atoms with Crippen molar-refractivity contribution >= 4 is 23.3 Å². The van der Waals surface area contributed by atoms with Gasteiger partial charge in [-0.25, -0.2) is 4.79 Å². The summed E-state index contributed by atoms with van der Waals surface area (Å²) in [4.78, 5) is 26.3. The highest BCUT2D eigenvalue weighted by Crippen LogP contribution is 2.30. The fraction of sp³-hybridized carbons (Fsp3) is 0.500. The maximum atomic E-state index is 12.7. The first-order valence-corrected chi connectivity index (χ1v) is 9.55. The Morgan fingerprint density at radius 2 is 1.89 bits per heavy atom. The zero-order valence-corrected chi connectivity index (χ0v) is 16.0. The molecule has 0 radical (unpaired) electrons. The largest absolute Gasteiger partial charge is 0.466 e. The average molecular weight is 389 g/mol. The van der Waals surface area contributed by atoms with Crippen molar-refractivity contribution in [1.82, 2.24) is 4.90 Å². The maximum Gasteiger partial charge on any atom is 0.337 e. The molecule has 0 atom stereocenters. The van der Waals surface area contributed by atoms with E-state index >= 15 is 0 Å². The van der Waals surface area contributed by atoms with E-state index in [9.17, 15) is 19.8 Å². The molecule has 0 bridgehead atoms. The first kappa shape index (κ1) is 20.2. The number of aliphatic hydroxyl groups excluding tert-OH is 2. The summed E-state index contributed by atoms with van der Waals surface area (Å²) in [6.07, 6.45) is 3.04. The lowest BCUT2D eigenvalue weighted by molar-refractivity contribution is -0.136. The number of β-amino-alcohol motifs (C(OH)–C–C–N with tert-alkyl or cyclic N) is 1. The van der Waals surface area contributed by atoms with Gasteiger partial charge in [-0.2, -0.15) is 0 Å². The fourth-order valence-electron chi connectivity index (χ4n) is 3.64. The molecule has 0 spiro atoms. The number of nitrogens with zero attached hydrogens (tertiary/aromatic N) is 1. The van der Waals surface area contributed by atoms with Gasteiger partial charge in [0.1, 0.15) is 5.70 Å². The lowest BCUT2D eigenvalue weighted by Gasteiger charge is -2.28. The van der Waals surface area contributed by atoms with E-state index in [4.69, 9.17) is 4.74 Å². The molecule has 1 amide bonds. The third kappa shape index (κ3) is 4.45. The normalized spacial score (nSPS) is 22.4. The van der Waals surface area contributed by atoms with Crippen LogP contribution in [-0.2, 0) is 14.3 Å². The molecule has 0 unspecified atom stereocenters. The Balaban J connectivity index is 1.81. The zero-order chi connectivity index (χ0) is 20.1. The second kappa shape index (κ2) is 9.07. The molecule has 152 valence electrons. The molecule has 1 aromatic carbocycles. The van der Waals surface area contributed by atoms with Crippen molar-refractivity contribution in [3.63, 3.8) is 0 Å². The standard InChI is InChI=1S/C20H27N3O5/c1-28-20(27)15-12-23(10-11-24)19(26)18(15)22-17-5-3-2-4-16(17)21-13-6-8-14(25)9-7-13/h2-5,13-14,21-22,24-25H,6-12H2,1H3. The van der Waals surface area contributed by atoms with Crippen LogP contribution in [0.4, 0.5) is 11.4 Å². The Bertz CT molecular complexity index is 756. The Morgan fingerprint density at radius 1 is 1.21 bits per heavy atom. The van der Waals surface area contributed by atoms with Crippen LogP contribution in [0.15, 0.2) is 35.5 Å². The molecule has 1 aliphatic carbocycles. The summed E-state index contributed by atoms with van der Waals surface area (Å²) in [5.41, 5.74) is 1.93. The van der Waals surface area contributed by atoms with Gasteiger partial charge in [0.05, 0.1) is 43.3 Å². The number of para-hydroxylation sites is 2. The third-order valence-corrected chi connectivity index (χ3v) is 5.20. The summed E-state index contributed by atoms with van der Waals surface area (Å²) < 4.78 is 4.82. The van der Waals surface area contributed by atoms with Gasteiger partial charge in [-0.15, -0.1) is 0 Å². The minimum Gasteiger partial charge on any atom is -0.466 e. The first-order chi connectivity index (χ1) is 13.5. The van der Waals surface area contributed by atoms with E-state index in [-0.39, 0.29) is 49.0 Å². The number of anilines is 2. The topological polar surface area (TPSA) is 111 Å². The molecule has 0 aromatic heterocycles. The molecule has 2 aliphatic rings. The highest BCUT2D eigenvalue weighted by atomic mass is 16.5. The number of aliphatic hydroxyl groups is 2.